The van der Waals surface area contributed by atoms with Crippen LogP contribution in [0.4, 0.5) is 5.69 Å². The maximum absolute atomic E-state index is 12.6. The fourth-order valence-corrected chi connectivity index (χ4v) is 5.14. The van der Waals surface area contributed by atoms with Gasteiger partial charge >= 0.3 is 5.97 Å². The first kappa shape index (κ1) is 24.6. The van der Waals surface area contributed by atoms with Crippen molar-refractivity contribution in [2.45, 2.75) is 35.6 Å². The summed E-state index contributed by atoms with van der Waals surface area (Å²) in [7, 11) is -4.15. The summed E-state index contributed by atoms with van der Waals surface area (Å²) in [5.74, 6) is -3.09. The van der Waals surface area contributed by atoms with Crippen molar-refractivity contribution < 1.29 is 52.7 Å². The van der Waals surface area contributed by atoms with Gasteiger partial charge in [-0.2, -0.15) is 0 Å². The van der Waals surface area contributed by atoms with Gasteiger partial charge in [0, 0.05) is 5.69 Å². The number of amides is 2. The zero-order chi connectivity index (χ0) is 25.5. The fourth-order valence-electron chi connectivity index (χ4n) is 3.62. The highest BCUT2D eigenvalue weighted by Gasteiger charge is 2.48. The highest BCUT2D eigenvalue weighted by atomic mass is 32.2. The lowest BCUT2D eigenvalue weighted by Gasteiger charge is -2.38. The average Bonchev–Trinajstić information content (AvgIpc) is 3.01. The van der Waals surface area contributed by atoms with Crippen LogP contribution >= 0.6 is 0 Å². The third-order valence-electron chi connectivity index (χ3n) is 5.40. The number of nitrogens with zero attached hydrogens (tertiary/aromatic N) is 1. The van der Waals surface area contributed by atoms with Crippen molar-refractivity contribution in [2.75, 3.05) is 11.9 Å². The molecule has 1 saturated heterocycles. The van der Waals surface area contributed by atoms with E-state index in [9.17, 15) is 38.1 Å². The fraction of sp³-hybridized carbons (Fsp3) is 0.286. The van der Waals surface area contributed by atoms with E-state index in [1.165, 1.54) is 48.5 Å². The summed E-state index contributed by atoms with van der Waals surface area (Å²) in [5, 5.41) is 41.1. The predicted molar refractivity (Wildman–Crippen MR) is 115 cm³/mol. The zero-order valence-corrected chi connectivity index (χ0v) is 18.5. The Kier molecular flexibility index (Phi) is 6.48. The summed E-state index contributed by atoms with van der Waals surface area (Å²) in [6, 6.07) is 11.0. The molecule has 2 aliphatic heterocycles. The minimum absolute atomic E-state index is 0.0169. The Hall–Kier alpha value is -3.56. The number of sulfonamides is 1. The first-order valence-corrected chi connectivity index (χ1v) is 11.6. The highest BCUT2D eigenvalue weighted by Crippen LogP contribution is 2.30. The Labute approximate surface area is 198 Å². The van der Waals surface area contributed by atoms with Gasteiger partial charge in [-0.25, -0.2) is 17.5 Å². The molecule has 35 heavy (non-hydrogen) atoms. The number of fused-ring (bicyclic) bond motifs is 1. The van der Waals surface area contributed by atoms with E-state index < -0.39 is 65.1 Å². The van der Waals surface area contributed by atoms with Gasteiger partial charge in [0.2, 0.25) is 12.2 Å². The van der Waals surface area contributed by atoms with E-state index in [-0.39, 0.29) is 21.9 Å². The van der Waals surface area contributed by atoms with Gasteiger partial charge in [-0.05, 0) is 36.4 Å². The van der Waals surface area contributed by atoms with Crippen LogP contribution in [0.2, 0.25) is 0 Å². The number of aliphatic carboxylic acids is 1. The van der Waals surface area contributed by atoms with Gasteiger partial charge in [-0.1, -0.05) is 12.1 Å². The molecule has 1 fully saturated rings. The van der Waals surface area contributed by atoms with Crippen LogP contribution in [0, 0.1) is 0 Å². The number of carboxylic acids is 1. The van der Waals surface area contributed by atoms with Crippen LogP contribution in [-0.4, -0.2) is 88.2 Å². The second-order valence-electron chi connectivity index (χ2n) is 7.74. The third-order valence-corrected chi connectivity index (χ3v) is 7.19. The number of carbonyl (C=O) groups excluding carboxylic acids is 2. The van der Waals surface area contributed by atoms with E-state index in [1.54, 1.807) is 0 Å². The van der Waals surface area contributed by atoms with E-state index in [4.69, 9.17) is 14.6 Å². The maximum Gasteiger partial charge on any atom is 0.335 e. The van der Waals surface area contributed by atoms with E-state index in [0.29, 0.717) is 4.31 Å². The Morgan fingerprint density at radius 2 is 1.66 bits per heavy atom. The summed E-state index contributed by atoms with van der Waals surface area (Å²) >= 11 is 0. The van der Waals surface area contributed by atoms with Crippen LogP contribution in [0.15, 0.2) is 53.4 Å². The van der Waals surface area contributed by atoms with Crippen molar-refractivity contribution in [1.82, 2.24) is 4.31 Å². The number of aliphatic hydroxyl groups is 3. The van der Waals surface area contributed by atoms with E-state index >= 15 is 0 Å². The van der Waals surface area contributed by atoms with Crippen LogP contribution < -0.4 is 10.1 Å². The molecule has 5 N–H and O–H groups in total. The molecular formula is C21H20N2O11S. The van der Waals surface area contributed by atoms with Crippen molar-refractivity contribution in [3.8, 4) is 5.75 Å². The molecule has 0 aliphatic carbocycles. The molecule has 0 unspecified atom stereocenters. The monoisotopic (exact) mass is 508 g/mol. The van der Waals surface area contributed by atoms with Gasteiger partial charge in [-0.3, -0.25) is 9.59 Å². The summed E-state index contributed by atoms with van der Waals surface area (Å²) < 4.78 is 36.0. The number of nitrogens with one attached hydrogen (secondary N) is 1. The molecule has 186 valence electrons. The Balaban J connectivity index is 1.39. The number of carboxylic acid groups (broad SMARTS) is 1. The van der Waals surface area contributed by atoms with Gasteiger partial charge in [0.25, 0.3) is 15.9 Å². The minimum atomic E-state index is -4.15. The largest absolute Gasteiger partial charge is 0.479 e. The molecule has 0 spiro atoms. The molecule has 14 heteroatoms. The first-order valence-electron chi connectivity index (χ1n) is 10.2. The van der Waals surface area contributed by atoms with E-state index in [1.807, 2.05) is 0 Å². The van der Waals surface area contributed by atoms with Crippen molar-refractivity contribution in [3.63, 3.8) is 0 Å². The minimum Gasteiger partial charge on any atom is -0.479 e. The molecule has 0 bridgehead atoms. The summed E-state index contributed by atoms with van der Waals surface area (Å²) in [5.41, 5.74) is 0.199. The van der Waals surface area contributed by atoms with Gasteiger partial charge in [0.05, 0.1) is 5.56 Å². The smallest absolute Gasteiger partial charge is 0.335 e. The molecule has 4 rings (SSSR count). The second-order valence-corrected chi connectivity index (χ2v) is 9.57. The lowest BCUT2D eigenvalue weighted by molar-refractivity contribution is -0.271. The molecule has 0 saturated carbocycles. The maximum atomic E-state index is 12.6. The third kappa shape index (κ3) is 4.56. The van der Waals surface area contributed by atoms with Crippen LogP contribution in [-0.2, 0) is 24.3 Å². The highest BCUT2D eigenvalue weighted by molar-refractivity contribution is 7.90. The quantitative estimate of drug-likeness (QED) is 0.312. The second kappa shape index (κ2) is 9.24. The van der Waals surface area contributed by atoms with Gasteiger partial charge in [0.1, 0.15) is 35.5 Å². The SMILES string of the molecule is O=C(CN1C(=O)c2ccccc2S1(=O)=O)Nc1ccc(O[C@@H]2O[C@H](C(=O)O)[C@@H](O)[C@H](O)[C@H]2O)cc1. The summed E-state index contributed by atoms with van der Waals surface area (Å²) in [6.45, 7) is -0.743. The molecule has 0 aromatic heterocycles. The van der Waals surface area contributed by atoms with Crippen LogP contribution in [0.3, 0.4) is 0 Å². The van der Waals surface area contributed by atoms with Gasteiger partial charge in [0.15, 0.2) is 6.10 Å². The van der Waals surface area contributed by atoms with Crippen molar-refractivity contribution in [1.29, 1.82) is 0 Å². The predicted octanol–water partition coefficient (Wildman–Crippen LogP) is -1.26. The number of hydrogen-bond acceptors (Lipinski definition) is 10. The van der Waals surface area contributed by atoms with Crippen molar-refractivity contribution in [2.24, 2.45) is 0 Å². The molecule has 2 heterocycles. The Bertz CT molecular complexity index is 1260. The van der Waals surface area contributed by atoms with E-state index in [0.717, 1.165) is 0 Å². The summed E-state index contributed by atoms with van der Waals surface area (Å²) in [6.07, 6.45) is -8.87. The number of hydrogen-bond donors (Lipinski definition) is 5. The number of anilines is 1. The molecule has 5 atom stereocenters. The van der Waals surface area contributed by atoms with Crippen LogP contribution in [0.25, 0.3) is 0 Å². The number of ether oxygens (including phenoxy) is 2. The number of benzene rings is 2. The number of aliphatic hydroxyl groups excluding tert-OH is 3. The van der Waals surface area contributed by atoms with Crippen molar-refractivity contribution in [3.05, 3.63) is 54.1 Å². The summed E-state index contributed by atoms with van der Waals surface area (Å²) in [4.78, 5) is 35.8. The topological polar surface area (TPSA) is 200 Å². The number of carbonyl (C=O) groups is 3. The van der Waals surface area contributed by atoms with Gasteiger partial charge in [-0.15, -0.1) is 0 Å². The lowest BCUT2D eigenvalue weighted by atomic mass is 9.99. The van der Waals surface area contributed by atoms with Crippen LogP contribution in [0.5, 0.6) is 5.75 Å². The lowest BCUT2D eigenvalue weighted by Crippen LogP contribution is -2.61. The zero-order valence-electron chi connectivity index (χ0n) is 17.7. The molecule has 2 aromatic rings. The molecule has 2 amide bonds. The van der Waals surface area contributed by atoms with E-state index in [2.05, 4.69) is 5.32 Å². The Morgan fingerprint density at radius 1 is 1.00 bits per heavy atom. The van der Waals surface area contributed by atoms with Crippen LogP contribution in [0.1, 0.15) is 10.4 Å². The van der Waals surface area contributed by atoms with Gasteiger partial charge < -0.3 is 35.2 Å². The Morgan fingerprint density at radius 3 is 2.29 bits per heavy atom. The molecule has 0 radical (unpaired) electrons. The molecular weight excluding hydrogens is 488 g/mol. The molecule has 2 aromatic carbocycles. The molecule has 2 aliphatic rings. The first-order chi connectivity index (χ1) is 16.5. The molecule has 13 nitrogen and oxygen atoms in total. The van der Waals surface area contributed by atoms with Crippen molar-refractivity contribution >= 4 is 33.5 Å². The number of rotatable bonds is 6. The average molecular weight is 508 g/mol. The normalized spacial score (nSPS) is 27.2. The standard InChI is InChI=1S/C21H20N2O11S/c24-14(9-23-19(28)12-3-1-2-4-13(12)35(23,31)32)22-10-5-7-11(8-6-10)33-21-17(27)15(25)16(26)18(34-21)20(29)30/h1-8,15-18,21,25-27H,9H2,(H,22,24)(H,29,30)/t15-,16-,17+,18-,21+/m0/s1.